The van der Waals surface area contributed by atoms with Crippen LogP contribution in [-0.4, -0.2) is 12.5 Å². The minimum atomic E-state index is 0.146. The van der Waals surface area contributed by atoms with Gasteiger partial charge in [0.2, 0.25) is 0 Å². The maximum absolute atomic E-state index is 7.42. The molecule has 1 aromatic carbocycles. The number of guanidine groups is 1. The monoisotopic (exact) mass is 175 g/mol. The van der Waals surface area contributed by atoms with Crippen molar-refractivity contribution in [2.24, 2.45) is 5.73 Å². The number of rotatable bonds is 0. The second-order valence-electron chi connectivity index (χ2n) is 3.27. The third-order valence-corrected chi connectivity index (χ3v) is 2.40. The lowest BCUT2D eigenvalue weighted by molar-refractivity contribution is 0.773. The van der Waals surface area contributed by atoms with Gasteiger partial charge in [-0.05, 0) is 24.5 Å². The van der Waals surface area contributed by atoms with E-state index in [1.54, 1.807) is 0 Å². The largest absolute Gasteiger partial charge is 0.370 e. The first-order valence-electron chi connectivity index (χ1n) is 4.48. The summed E-state index contributed by atoms with van der Waals surface area (Å²) in [5.41, 5.74) is 7.88. The summed E-state index contributed by atoms with van der Waals surface area (Å²) < 4.78 is 0. The van der Waals surface area contributed by atoms with Gasteiger partial charge in [0.15, 0.2) is 5.96 Å². The predicted octanol–water partition coefficient (Wildman–Crippen LogP) is 1.33. The highest BCUT2D eigenvalue weighted by atomic mass is 15.2. The maximum Gasteiger partial charge on any atom is 0.192 e. The third-order valence-electron chi connectivity index (χ3n) is 2.40. The molecule has 0 aromatic heterocycles. The highest BCUT2D eigenvalue weighted by molar-refractivity contribution is 5.93. The van der Waals surface area contributed by atoms with Crippen LogP contribution in [0.3, 0.4) is 0 Å². The Morgan fingerprint density at radius 3 is 2.92 bits per heavy atom. The summed E-state index contributed by atoms with van der Waals surface area (Å²) in [6.45, 7) is 0.867. The highest BCUT2D eigenvalue weighted by Crippen LogP contribution is 2.25. The lowest BCUT2D eigenvalue weighted by Crippen LogP contribution is -2.39. The van der Waals surface area contributed by atoms with Crippen LogP contribution in [0.25, 0.3) is 0 Å². The van der Waals surface area contributed by atoms with Gasteiger partial charge in [-0.25, -0.2) is 0 Å². The fourth-order valence-corrected chi connectivity index (χ4v) is 1.78. The highest BCUT2D eigenvalue weighted by Gasteiger charge is 2.17. The Bertz CT molecular complexity index is 333. The van der Waals surface area contributed by atoms with Crippen LogP contribution in [0.2, 0.25) is 0 Å². The molecule has 1 heterocycles. The van der Waals surface area contributed by atoms with Gasteiger partial charge in [-0.1, -0.05) is 18.2 Å². The predicted molar refractivity (Wildman–Crippen MR) is 54.0 cm³/mol. The van der Waals surface area contributed by atoms with E-state index in [4.69, 9.17) is 11.1 Å². The molecule has 0 aliphatic carbocycles. The zero-order chi connectivity index (χ0) is 9.26. The first-order valence-corrected chi connectivity index (χ1v) is 4.48. The van der Waals surface area contributed by atoms with Gasteiger partial charge in [-0.15, -0.1) is 0 Å². The fraction of sp³-hybridized carbons (Fsp3) is 0.300. The van der Waals surface area contributed by atoms with Gasteiger partial charge in [0.25, 0.3) is 0 Å². The van der Waals surface area contributed by atoms with Crippen LogP contribution in [0.15, 0.2) is 24.3 Å². The van der Waals surface area contributed by atoms with Crippen LogP contribution in [0.1, 0.15) is 12.0 Å². The number of anilines is 1. The number of nitrogens with one attached hydrogen (secondary N) is 1. The molecule has 68 valence electrons. The first-order chi connectivity index (χ1) is 6.29. The average Bonchev–Trinajstić information content (AvgIpc) is 2.17. The summed E-state index contributed by atoms with van der Waals surface area (Å²) in [5.74, 6) is 0.146. The first kappa shape index (κ1) is 8.10. The van der Waals surface area contributed by atoms with Gasteiger partial charge >= 0.3 is 0 Å². The molecule has 3 heteroatoms. The number of benzene rings is 1. The second-order valence-corrected chi connectivity index (χ2v) is 3.27. The van der Waals surface area contributed by atoms with Crippen molar-refractivity contribution < 1.29 is 0 Å². The molecule has 0 saturated carbocycles. The molecule has 1 aromatic rings. The molecule has 0 radical (unpaired) electrons. The van der Waals surface area contributed by atoms with Crippen molar-refractivity contribution in [3.63, 3.8) is 0 Å². The summed E-state index contributed by atoms with van der Waals surface area (Å²) in [4.78, 5) is 1.86. The zero-order valence-electron chi connectivity index (χ0n) is 7.46. The SMILES string of the molecule is N=C(N)N1CCCc2ccccc21. The Morgan fingerprint density at radius 2 is 2.15 bits per heavy atom. The van der Waals surface area contributed by atoms with Crippen molar-refractivity contribution in [1.29, 1.82) is 5.41 Å². The Kier molecular flexibility index (Phi) is 1.93. The third kappa shape index (κ3) is 1.37. The standard InChI is InChI=1S/C10H13N3/c11-10(12)13-7-3-5-8-4-1-2-6-9(8)13/h1-2,4,6H,3,5,7H2,(H3,11,12). The van der Waals surface area contributed by atoms with Crippen molar-refractivity contribution in [2.45, 2.75) is 12.8 Å². The quantitative estimate of drug-likeness (QED) is 0.461. The van der Waals surface area contributed by atoms with Gasteiger partial charge in [0, 0.05) is 12.2 Å². The smallest absolute Gasteiger partial charge is 0.192 e. The molecule has 1 aliphatic heterocycles. The number of nitrogens with two attached hydrogens (primary N) is 1. The van der Waals surface area contributed by atoms with Crippen molar-refractivity contribution >= 4 is 11.6 Å². The van der Waals surface area contributed by atoms with Crippen molar-refractivity contribution in [2.75, 3.05) is 11.4 Å². The molecule has 0 unspecified atom stereocenters. The zero-order valence-corrected chi connectivity index (χ0v) is 7.46. The molecular weight excluding hydrogens is 162 g/mol. The van der Waals surface area contributed by atoms with Crippen LogP contribution in [-0.2, 0) is 6.42 Å². The lowest BCUT2D eigenvalue weighted by atomic mass is 10.0. The minimum absolute atomic E-state index is 0.146. The fourth-order valence-electron chi connectivity index (χ4n) is 1.78. The number of fused-ring (bicyclic) bond motifs is 1. The molecule has 0 spiro atoms. The molecule has 1 aliphatic rings. The molecular formula is C10H13N3. The normalized spacial score (nSPS) is 15.2. The number of hydrogen-bond acceptors (Lipinski definition) is 1. The molecule has 3 nitrogen and oxygen atoms in total. The summed E-state index contributed by atoms with van der Waals surface area (Å²) in [6.07, 6.45) is 2.18. The maximum atomic E-state index is 7.42. The van der Waals surface area contributed by atoms with E-state index in [1.807, 2.05) is 23.1 Å². The van der Waals surface area contributed by atoms with Crippen LogP contribution in [0.5, 0.6) is 0 Å². The molecule has 13 heavy (non-hydrogen) atoms. The van der Waals surface area contributed by atoms with Crippen molar-refractivity contribution in [1.82, 2.24) is 0 Å². The van der Waals surface area contributed by atoms with Gasteiger partial charge in [0.1, 0.15) is 0 Å². The molecule has 2 rings (SSSR count). The number of hydrogen-bond donors (Lipinski definition) is 2. The summed E-state index contributed by atoms with van der Waals surface area (Å²) in [7, 11) is 0. The van der Waals surface area contributed by atoms with Gasteiger partial charge in [-0.2, -0.15) is 0 Å². The van der Waals surface area contributed by atoms with Gasteiger partial charge in [-0.3, -0.25) is 5.41 Å². The van der Waals surface area contributed by atoms with Crippen LogP contribution in [0, 0.1) is 5.41 Å². The van der Waals surface area contributed by atoms with Crippen LogP contribution in [0.4, 0.5) is 5.69 Å². The van der Waals surface area contributed by atoms with Gasteiger partial charge < -0.3 is 10.6 Å². The summed E-state index contributed by atoms with van der Waals surface area (Å²) >= 11 is 0. The number of aryl methyl sites for hydroxylation is 1. The molecule has 0 amide bonds. The molecule has 3 N–H and O–H groups in total. The summed E-state index contributed by atoms with van der Waals surface area (Å²) in [6, 6.07) is 8.14. The Balaban J connectivity index is 2.42. The molecule has 0 fully saturated rings. The Morgan fingerprint density at radius 1 is 1.38 bits per heavy atom. The number of nitrogens with zero attached hydrogens (tertiary/aromatic N) is 1. The van der Waals surface area contributed by atoms with E-state index in [0.29, 0.717) is 0 Å². The van der Waals surface area contributed by atoms with E-state index in [2.05, 4.69) is 6.07 Å². The van der Waals surface area contributed by atoms with E-state index in [0.717, 1.165) is 25.1 Å². The van der Waals surface area contributed by atoms with Crippen LogP contribution < -0.4 is 10.6 Å². The minimum Gasteiger partial charge on any atom is -0.370 e. The van der Waals surface area contributed by atoms with E-state index in [9.17, 15) is 0 Å². The lowest BCUT2D eigenvalue weighted by Gasteiger charge is -2.29. The molecule has 0 bridgehead atoms. The Labute approximate surface area is 77.7 Å². The van der Waals surface area contributed by atoms with E-state index >= 15 is 0 Å². The van der Waals surface area contributed by atoms with Crippen molar-refractivity contribution in [3.8, 4) is 0 Å². The Hall–Kier alpha value is -1.51. The van der Waals surface area contributed by atoms with E-state index in [-0.39, 0.29) is 5.96 Å². The topological polar surface area (TPSA) is 53.1 Å². The second kappa shape index (κ2) is 3.09. The van der Waals surface area contributed by atoms with E-state index in [1.165, 1.54) is 5.56 Å². The number of para-hydroxylation sites is 1. The molecule has 0 atom stereocenters. The molecule has 0 saturated heterocycles. The summed E-state index contributed by atoms with van der Waals surface area (Å²) in [5, 5.41) is 7.42. The van der Waals surface area contributed by atoms with E-state index < -0.39 is 0 Å². The average molecular weight is 175 g/mol. The van der Waals surface area contributed by atoms with Crippen LogP contribution >= 0.6 is 0 Å². The van der Waals surface area contributed by atoms with Gasteiger partial charge in [0.05, 0.1) is 0 Å². The van der Waals surface area contributed by atoms with Crippen molar-refractivity contribution in [3.05, 3.63) is 29.8 Å².